The predicted octanol–water partition coefficient (Wildman–Crippen LogP) is 3.23. The van der Waals surface area contributed by atoms with Crippen LogP contribution in [0.3, 0.4) is 0 Å². The van der Waals surface area contributed by atoms with Crippen molar-refractivity contribution in [2.75, 3.05) is 6.54 Å². The Labute approximate surface area is 113 Å². The molecule has 1 amide bonds. The fraction of sp³-hybridized carbons (Fsp3) is 0.333. The van der Waals surface area contributed by atoms with Gasteiger partial charge in [-0.05, 0) is 50.1 Å². The van der Waals surface area contributed by atoms with E-state index in [4.69, 9.17) is 4.74 Å². The van der Waals surface area contributed by atoms with Crippen molar-refractivity contribution in [2.45, 2.75) is 26.4 Å². The summed E-state index contributed by atoms with van der Waals surface area (Å²) in [5.74, 6) is 0. The first kappa shape index (κ1) is 13.3. The van der Waals surface area contributed by atoms with Crippen LogP contribution in [0.15, 0.2) is 42.9 Å². The van der Waals surface area contributed by atoms with Crippen LogP contribution in [0.4, 0.5) is 4.79 Å². The summed E-state index contributed by atoms with van der Waals surface area (Å²) in [6, 6.07) is 3.89. The highest BCUT2D eigenvalue weighted by atomic mass is 16.6. The molecule has 1 aliphatic heterocycles. The number of hydrogen-bond acceptors (Lipinski definition) is 3. The SMILES string of the molecule is CC(C)(C)OC(=O)N1C=CC(c2ccncc2)=CC1. The molecule has 0 N–H and O–H groups in total. The van der Waals surface area contributed by atoms with Gasteiger partial charge in [-0.15, -0.1) is 0 Å². The first-order chi connectivity index (χ1) is 8.96. The van der Waals surface area contributed by atoms with Crippen LogP contribution in [0.5, 0.6) is 0 Å². The monoisotopic (exact) mass is 258 g/mol. The van der Waals surface area contributed by atoms with E-state index >= 15 is 0 Å². The lowest BCUT2D eigenvalue weighted by atomic mass is 10.1. The van der Waals surface area contributed by atoms with E-state index in [1.165, 1.54) is 0 Å². The third-order valence-corrected chi connectivity index (χ3v) is 2.58. The molecule has 0 aromatic carbocycles. The van der Waals surface area contributed by atoms with E-state index in [9.17, 15) is 4.79 Å². The van der Waals surface area contributed by atoms with E-state index in [-0.39, 0.29) is 6.09 Å². The zero-order chi connectivity index (χ0) is 13.9. The van der Waals surface area contributed by atoms with Gasteiger partial charge < -0.3 is 4.74 Å². The number of ether oxygens (including phenoxy) is 1. The summed E-state index contributed by atoms with van der Waals surface area (Å²) in [6.07, 6.45) is 8.84. The van der Waals surface area contributed by atoms with Gasteiger partial charge in [0, 0.05) is 25.1 Å². The second-order valence-corrected chi connectivity index (χ2v) is 5.34. The molecule has 0 spiro atoms. The maximum Gasteiger partial charge on any atom is 0.414 e. The summed E-state index contributed by atoms with van der Waals surface area (Å²) >= 11 is 0. The molecule has 2 rings (SSSR count). The smallest absolute Gasteiger partial charge is 0.414 e. The lowest BCUT2D eigenvalue weighted by Crippen LogP contribution is -2.34. The van der Waals surface area contributed by atoms with Gasteiger partial charge in [-0.3, -0.25) is 9.88 Å². The number of allylic oxidation sites excluding steroid dienone is 2. The van der Waals surface area contributed by atoms with Crippen LogP contribution in [0.2, 0.25) is 0 Å². The van der Waals surface area contributed by atoms with E-state index in [0.29, 0.717) is 6.54 Å². The standard InChI is InChI=1S/C15H18N2O2/c1-15(2,3)19-14(18)17-10-6-13(7-11-17)12-4-8-16-9-5-12/h4-10H,11H2,1-3H3. The van der Waals surface area contributed by atoms with Gasteiger partial charge in [0.05, 0.1) is 0 Å². The number of nitrogens with zero attached hydrogens (tertiary/aromatic N) is 2. The van der Waals surface area contributed by atoms with Crippen molar-refractivity contribution in [3.8, 4) is 0 Å². The van der Waals surface area contributed by atoms with Crippen molar-refractivity contribution in [1.29, 1.82) is 0 Å². The minimum absolute atomic E-state index is 0.325. The van der Waals surface area contributed by atoms with Crippen molar-refractivity contribution >= 4 is 11.7 Å². The maximum absolute atomic E-state index is 11.9. The van der Waals surface area contributed by atoms with E-state index in [1.807, 2.05) is 45.1 Å². The lowest BCUT2D eigenvalue weighted by Gasteiger charge is -2.26. The van der Waals surface area contributed by atoms with Crippen LogP contribution in [0.25, 0.3) is 5.57 Å². The zero-order valence-corrected chi connectivity index (χ0v) is 11.5. The molecule has 4 heteroatoms. The fourth-order valence-electron chi connectivity index (χ4n) is 1.71. The molecule has 0 unspecified atom stereocenters. The van der Waals surface area contributed by atoms with Crippen molar-refractivity contribution in [1.82, 2.24) is 9.88 Å². The van der Waals surface area contributed by atoms with E-state index < -0.39 is 5.60 Å². The third kappa shape index (κ3) is 3.68. The van der Waals surface area contributed by atoms with Gasteiger partial charge in [0.2, 0.25) is 0 Å². The summed E-state index contributed by atoms with van der Waals surface area (Å²) < 4.78 is 5.31. The number of carbonyl (C=O) groups excluding carboxylic acids is 1. The van der Waals surface area contributed by atoms with Gasteiger partial charge in [-0.1, -0.05) is 6.08 Å². The van der Waals surface area contributed by atoms with Crippen LogP contribution in [0.1, 0.15) is 26.3 Å². The second kappa shape index (κ2) is 5.26. The predicted molar refractivity (Wildman–Crippen MR) is 74.3 cm³/mol. The van der Waals surface area contributed by atoms with Gasteiger partial charge in [0.15, 0.2) is 0 Å². The molecule has 1 aromatic heterocycles. The number of hydrogen-bond donors (Lipinski definition) is 0. The van der Waals surface area contributed by atoms with Gasteiger partial charge in [0.1, 0.15) is 5.60 Å². The molecule has 0 saturated carbocycles. The highest BCUT2D eigenvalue weighted by molar-refractivity contribution is 5.78. The number of carbonyl (C=O) groups is 1. The molecule has 4 nitrogen and oxygen atoms in total. The van der Waals surface area contributed by atoms with Gasteiger partial charge in [0.25, 0.3) is 0 Å². The Balaban J connectivity index is 2.01. The Morgan fingerprint density at radius 2 is 2.00 bits per heavy atom. The highest BCUT2D eigenvalue weighted by Crippen LogP contribution is 2.20. The van der Waals surface area contributed by atoms with Crippen molar-refractivity contribution < 1.29 is 9.53 Å². The normalized spacial score (nSPS) is 15.1. The Morgan fingerprint density at radius 3 is 2.53 bits per heavy atom. The topological polar surface area (TPSA) is 42.4 Å². The summed E-state index contributed by atoms with van der Waals surface area (Å²) in [7, 11) is 0. The molecule has 0 aliphatic carbocycles. The van der Waals surface area contributed by atoms with E-state index in [1.54, 1.807) is 23.5 Å². The molecule has 2 heterocycles. The lowest BCUT2D eigenvalue weighted by molar-refractivity contribution is 0.0351. The summed E-state index contributed by atoms with van der Waals surface area (Å²) in [6.45, 7) is 6.09. The average molecular weight is 258 g/mol. The second-order valence-electron chi connectivity index (χ2n) is 5.34. The molecule has 0 bridgehead atoms. The molecule has 0 saturated heterocycles. The Kier molecular flexibility index (Phi) is 3.69. The number of aromatic nitrogens is 1. The Bertz CT molecular complexity index is 513. The Morgan fingerprint density at radius 1 is 1.32 bits per heavy atom. The van der Waals surface area contributed by atoms with Gasteiger partial charge >= 0.3 is 6.09 Å². The fourth-order valence-corrected chi connectivity index (χ4v) is 1.71. The third-order valence-electron chi connectivity index (χ3n) is 2.58. The van der Waals surface area contributed by atoms with Crippen LogP contribution >= 0.6 is 0 Å². The molecule has 0 fully saturated rings. The van der Waals surface area contributed by atoms with Crippen molar-refractivity contribution in [3.63, 3.8) is 0 Å². The molecule has 0 radical (unpaired) electrons. The minimum atomic E-state index is -0.472. The number of pyridine rings is 1. The number of amides is 1. The molecular weight excluding hydrogens is 240 g/mol. The quantitative estimate of drug-likeness (QED) is 0.776. The largest absolute Gasteiger partial charge is 0.443 e. The minimum Gasteiger partial charge on any atom is -0.443 e. The molecule has 1 aliphatic rings. The summed E-state index contributed by atoms with van der Waals surface area (Å²) in [5, 5.41) is 0. The Hall–Kier alpha value is -2.10. The van der Waals surface area contributed by atoms with Crippen LogP contribution < -0.4 is 0 Å². The molecule has 0 atom stereocenters. The molecule has 19 heavy (non-hydrogen) atoms. The zero-order valence-electron chi connectivity index (χ0n) is 11.5. The first-order valence-corrected chi connectivity index (χ1v) is 6.24. The molecular formula is C15H18N2O2. The summed E-state index contributed by atoms with van der Waals surface area (Å²) in [4.78, 5) is 17.4. The average Bonchev–Trinajstić information content (AvgIpc) is 2.38. The maximum atomic E-state index is 11.9. The summed E-state index contributed by atoms with van der Waals surface area (Å²) in [5.41, 5.74) is 1.71. The molecule has 100 valence electrons. The van der Waals surface area contributed by atoms with Gasteiger partial charge in [-0.2, -0.15) is 0 Å². The van der Waals surface area contributed by atoms with Crippen molar-refractivity contribution in [2.24, 2.45) is 0 Å². The van der Waals surface area contributed by atoms with E-state index in [2.05, 4.69) is 4.98 Å². The molecule has 1 aromatic rings. The van der Waals surface area contributed by atoms with Crippen LogP contribution in [-0.4, -0.2) is 28.1 Å². The van der Waals surface area contributed by atoms with Crippen molar-refractivity contribution in [3.05, 3.63) is 48.4 Å². The van der Waals surface area contributed by atoms with Crippen LogP contribution in [0, 0.1) is 0 Å². The van der Waals surface area contributed by atoms with Gasteiger partial charge in [-0.25, -0.2) is 4.79 Å². The highest BCUT2D eigenvalue weighted by Gasteiger charge is 2.21. The van der Waals surface area contributed by atoms with Crippen LogP contribution in [-0.2, 0) is 4.74 Å². The number of rotatable bonds is 1. The van der Waals surface area contributed by atoms with E-state index in [0.717, 1.165) is 11.1 Å². The first-order valence-electron chi connectivity index (χ1n) is 6.24.